The van der Waals surface area contributed by atoms with Crippen LogP contribution in [0.4, 0.5) is 37.8 Å². The van der Waals surface area contributed by atoms with Crippen molar-refractivity contribution in [2.45, 2.75) is 57.9 Å². The predicted molar refractivity (Wildman–Crippen MR) is 160 cm³/mol. The van der Waals surface area contributed by atoms with Crippen LogP contribution in [-0.2, 0) is 63.6 Å². The molecule has 0 spiro atoms. The van der Waals surface area contributed by atoms with Gasteiger partial charge in [-0.05, 0) is 35.4 Å². The van der Waals surface area contributed by atoms with Crippen molar-refractivity contribution in [2.75, 3.05) is 17.7 Å². The number of halogens is 6. The second-order valence-electron chi connectivity index (χ2n) is 11.7. The molecule has 3 aromatic heterocycles. The van der Waals surface area contributed by atoms with Crippen LogP contribution in [0, 0.1) is 0 Å². The second kappa shape index (κ2) is 14.8. The number of anilines is 2. The number of pyridine rings is 2. The second-order valence-corrected chi connectivity index (χ2v) is 17.3. The maximum atomic E-state index is 13.5. The molecule has 0 bridgehead atoms. The molecule has 0 saturated carbocycles. The van der Waals surface area contributed by atoms with Gasteiger partial charge in [0, 0.05) is 51.0 Å². The normalized spacial score (nSPS) is 12.1. The molecule has 0 atom stereocenters. The van der Waals surface area contributed by atoms with Crippen molar-refractivity contribution in [3.05, 3.63) is 77.4 Å². The Bertz CT molecular complexity index is 1630. The van der Waals surface area contributed by atoms with Gasteiger partial charge >= 0.3 is 24.2 Å². The van der Waals surface area contributed by atoms with E-state index in [0.717, 1.165) is 53.5 Å². The van der Waals surface area contributed by atoms with Gasteiger partial charge in [-0.2, -0.15) is 31.4 Å². The summed E-state index contributed by atoms with van der Waals surface area (Å²) in [6.07, 6.45) is -5.71. The van der Waals surface area contributed by atoms with Crippen LogP contribution in [0.5, 0.6) is 0 Å². The molecule has 0 aliphatic heterocycles. The van der Waals surface area contributed by atoms with Crippen LogP contribution in [-0.4, -0.2) is 51.1 Å². The van der Waals surface area contributed by atoms with Gasteiger partial charge in [-0.3, -0.25) is 14.6 Å². The number of hydrogen-bond donors (Lipinski definition) is 2. The monoisotopic (exact) mass is 730 g/mol. The topological polar surface area (TPSA) is 128 Å². The van der Waals surface area contributed by atoms with Crippen LogP contribution in [0.3, 0.4) is 0 Å². The smallest absolute Gasteiger partial charge is 0.383 e. The molecule has 0 aliphatic carbocycles. The molecule has 0 unspecified atom stereocenters. The van der Waals surface area contributed by atoms with Crippen molar-refractivity contribution in [1.82, 2.24) is 24.6 Å². The zero-order valence-corrected chi connectivity index (χ0v) is 27.3. The molecule has 0 fully saturated rings. The fourth-order valence-corrected chi connectivity index (χ4v) is 5.04. The molecular weight excluding hydrogens is 700 g/mol. The van der Waals surface area contributed by atoms with Crippen molar-refractivity contribution >= 4 is 42.3 Å². The molecule has 1 aromatic carbocycles. The summed E-state index contributed by atoms with van der Waals surface area (Å²) < 4.78 is 85.5. The number of nitrogens with zero attached hydrogens (tertiary/aromatic N) is 5. The largest absolute Gasteiger partial charge is 0.433 e. The van der Waals surface area contributed by atoms with E-state index in [9.17, 15) is 35.9 Å². The van der Waals surface area contributed by atoms with Crippen LogP contribution in [0.2, 0.25) is 25.7 Å². The molecule has 1 radical (unpaired) electrons. The van der Waals surface area contributed by atoms with Gasteiger partial charge in [0.2, 0.25) is 0 Å². The zero-order chi connectivity index (χ0) is 33.9. The van der Waals surface area contributed by atoms with E-state index in [1.54, 1.807) is 0 Å². The number of benzene rings is 1. The summed E-state index contributed by atoms with van der Waals surface area (Å²) in [4.78, 5) is 35.2. The summed E-state index contributed by atoms with van der Waals surface area (Å²) in [7, 11) is -1.36. The van der Waals surface area contributed by atoms with E-state index < -0.39 is 43.5 Å². The number of nitrogens with one attached hydrogen (secondary N) is 1. The van der Waals surface area contributed by atoms with Crippen molar-refractivity contribution < 1.29 is 57.7 Å². The Balaban J connectivity index is 0.00000600. The molecule has 4 rings (SSSR count). The SMILES string of the molecule is C[Si](C)(C)CCOCn1ncc2c(N)ncc(NC(=O)C(=O)N(Cc3ccc(C(F)(F)F)cc3)Cc3ccc(C(F)(F)F)nc3)c21.[Cu]. The van der Waals surface area contributed by atoms with E-state index in [2.05, 4.69) is 40.0 Å². The van der Waals surface area contributed by atoms with Gasteiger partial charge in [-0.1, -0.05) is 37.8 Å². The molecule has 0 aliphatic rings. The van der Waals surface area contributed by atoms with E-state index in [4.69, 9.17) is 10.5 Å². The van der Waals surface area contributed by atoms with Crippen LogP contribution in [0.15, 0.2) is 55.0 Å². The first-order valence-corrected chi connectivity index (χ1v) is 17.6. The van der Waals surface area contributed by atoms with E-state index in [1.807, 2.05) is 0 Å². The average Bonchev–Trinajstić information content (AvgIpc) is 3.40. The first-order chi connectivity index (χ1) is 21.4. The molecule has 3 N–H and O–H groups in total. The number of nitrogen functional groups attached to an aromatic ring is 1. The van der Waals surface area contributed by atoms with E-state index >= 15 is 0 Å². The van der Waals surface area contributed by atoms with Gasteiger partial charge in [0.15, 0.2) is 0 Å². The number of nitrogens with two attached hydrogens (primary N) is 1. The van der Waals surface area contributed by atoms with Crippen molar-refractivity contribution in [3.8, 4) is 0 Å². The quantitative estimate of drug-likeness (QED) is 0.0897. The molecule has 10 nitrogen and oxygen atoms in total. The molecule has 0 saturated heterocycles. The molecule has 3 heterocycles. The number of aromatic nitrogens is 4. The number of amides is 2. The third-order valence-corrected chi connectivity index (χ3v) is 8.49. The Labute approximate surface area is 277 Å². The Morgan fingerprint density at radius 3 is 2.13 bits per heavy atom. The van der Waals surface area contributed by atoms with E-state index in [-0.39, 0.29) is 59.5 Å². The van der Waals surface area contributed by atoms with E-state index in [1.165, 1.54) is 17.1 Å². The fraction of sp³-hybridized carbons (Fsp3) is 0.345. The maximum absolute atomic E-state index is 13.5. The molecule has 18 heteroatoms. The standard InChI is InChI=1S/C29H31F6N7O3Si.Cu/c1-46(2,3)11-10-45-17-42-24-21(13-39-42)25(36)38-14-22(24)40-26(43)27(44)41(15-18-4-7-20(8-5-18)28(30,31)32)16-19-6-9-23(37-12-19)29(33,34)35;/h4-9,12-14H,10-11,15-17H2,1-3H3,(H2,36,38)(H,40,43);. The minimum Gasteiger partial charge on any atom is -0.383 e. The third kappa shape index (κ3) is 10.00. The summed E-state index contributed by atoms with van der Waals surface area (Å²) in [5, 5.41) is 7.15. The fourth-order valence-electron chi connectivity index (χ4n) is 4.28. The number of hydrogen-bond acceptors (Lipinski definition) is 7. The first kappa shape index (κ1) is 37.5. The zero-order valence-electron chi connectivity index (χ0n) is 25.3. The van der Waals surface area contributed by atoms with Crippen LogP contribution >= 0.6 is 0 Å². The summed E-state index contributed by atoms with van der Waals surface area (Å²) in [6.45, 7) is 6.38. The number of carbonyl (C=O) groups is 2. The number of carbonyl (C=O) groups excluding carboxylic acids is 2. The molecule has 2 amide bonds. The van der Waals surface area contributed by atoms with Crippen molar-refractivity contribution in [1.29, 1.82) is 0 Å². The van der Waals surface area contributed by atoms with Gasteiger partial charge < -0.3 is 20.7 Å². The van der Waals surface area contributed by atoms with E-state index in [0.29, 0.717) is 17.5 Å². The summed E-state index contributed by atoms with van der Waals surface area (Å²) in [5.41, 5.74) is 4.73. The van der Waals surface area contributed by atoms with Crippen LogP contribution in [0.1, 0.15) is 22.4 Å². The molecule has 47 heavy (non-hydrogen) atoms. The minimum atomic E-state index is -4.70. The number of fused-ring (bicyclic) bond motifs is 1. The van der Waals surface area contributed by atoms with Gasteiger partial charge in [0.1, 0.15) is 18.2 Å². The van der Waals surface area contributed by atoms with Crippen molar-refractivity contribution in [2.24, 2.45) is 0 Å². The first-order valence-electron chi connectivity index (χ1n) is 13.9. The Morgan fingerprint density at radius 2 is 1.55 bits per heavy atom. The van der Waals surface area contributed by atoms with Gasteiger partial charge in [-0.25, -0.2) is 9.67 Å². The summed E-state index contributed by atoms with van der Waals surface area (Å²) >= 11 is 0. The van der Waals surface area contributed by atoms with Crippen molar-refractivity contribution in [3.63, 3.8) is 0 Å². The molecular formula is C29H31CuF6N7O3Si. The van der Waals surface area contributed by atoms with Crippen LogP contribution < -0.4 is 11.1 Å². The number of rotatable bonds is 10. The van der Waals surface area contributed by atoms with Crippen LogP contribution in [0.25, 0.3) is 10.9 Å². The Morgan fingerprint density at radius 1 is 0.915 bits per heavy atom. The molecule has 4 aromatic rings. The number of alkyl halides is 6. The summed E-state index contributed by atoms with van der Waals surface area (Å²) in [6, 6.07) is 6.63. The van der Waals surface area contributed by atoms with Gasteiger partial charge in [0.05, 0.1) is 34.5 Å². The third-order valence-electron chi connectivity index (χ3n) is 6.79. The Kier molecular flexibility index (Phi) is 11.8. The van der Waals surface area contributed by atoms with Gasteiger partial charge in [0.25, 0.3) is 0 Å². The minimum absolute atomic E-state index is 0. The van der Waals surface area contributed by atoms with Gasteiger partial charge in [-0.15, -0.1) is 0 Å². The number of ether oxygens (including phenoxy) is 1. The Hall–Kier alpha value is -3.99. The predicted octanol–water partition coefficient (Wildman–Crippen LogP) is 5.92. The average molecular weight is 731 g/mol. The molecule has 257 valence electrons. The maximum Gasteiger partial charge on any atom is 0.433 e. The summed E-state index contributed by atoms with van der Waals surface area (Å²) in [5.74, 6) is -2.15.